The Bertz CT molecular complexity index is 268. The summed E-state index contributed by atoms with van der Waals surface area (Å²) in [4.78, 5) is 0. The number of nitrogens with zero attached hydrogens (tertiary/aromatic N) is 2. The van der Waals surface area contributed by atoms with Crippen LogP contribution in [0, 0.1) is 0 Å². The van der Waals surface area contributed by atoms with Crippen LogP contribution >= 0.6 is 11.8 Å². The highest BCUT2D eigenvalue weighted by molar-refractivity contribution is 7.98. The zero-order valence-corrected chi connectivity index (χ0v) is 9.92. The fourth-order valence-electron chi connectivity index (χ4n) is 1.09. The summed E-state index contributed by atoms with van der Waals surface area (Å²) in [5, 5.41) is 4.46. The standard InChI is InChI=1S/C10H19N3S/c1-8(2)13-5-4-10(12-13)7-14-6-9(3)11/h4-5,8-9H,6-7,11H2,1-3H3. The van der Waals surface area contributed by atoms with Crippen molar-refractivity contribution >= 4 is 11.8 Å². The highest BCUT2D eigenvalue weighted by atomic mass is 32.2. The Labute approximate surface area is 90.1 Å². The Hall–Kier alpha value is -0.480. The van der Waals surface area contributed by atoms with Gasteiger partial charge in [0.05, 0.1) is 5.69 Å². The lowest BCUT2D eigenvalue weighted by Gasteiger charge is -2.04. The molecular weight excluding hydrogens is 194 g/mol. The van der Waals surface area contributed by atoms with Gasteiger partial charge in [0.15, 0.2) is 0 Å². The van der Waals surface area contributed by atoms with Crippen LogP contribution in [0.3, 0.4) is 0 Å². The van der Waals surface area contributed by atoms with Crippen molar-refractivity contribution in [2.45, 2.75) is 38.6 Å². The van der Waals surface area contributed by atoms with Crippen molar-refractivity contribution < 1.29 is 0 Å². The number of thioether (sulfide) groups is 1. The van der Waals surface area contributed by atoms with Gasteiger partial charge in [-0.3, -0.25) is 4.68 Å². The number of nitrogens with two attached hydrogens (primary N) is 1. The highest BCUT2D eigenvalue weighted by Gasteiger charge is 2.02. The lowest BCUT2D eigenvalue weighted by Crippen LogP contribution is -2.17. The van der Waals surface area contributed by atoms with Crippen LogP contribution in [0.2, 0.25) is 0 Å². The van der Waals surface area contributed by atoms with Gasteiger partial charge in [-0.2, -0.15) is 16.9 Å². The van der Waals surface area contributed by atoms with Crippen LogP contribution in [-0.4, -0.2) is 21.6 Å². The zero-order chi connectivity index (χ0) is 10.6. The van der Waals surface area contributed by atoms with Crippen molar-refractivity contribution in [2.24, 2.45) is 5.73 Å². The highest BCUT2D eigenvalue weighted by Crippen LogP contribution is 2.12. The molecule has 80 valence electrons. The first-order chi connectivity index (χ1) is 6.59. The van der Waals surface area contributed by atoms with Crippen molar-refractivity contribution in [1.82, 2.24) is 9.78 Å². The molecule has 3 nitrogen and oxygen atoms in total. The third kappa shape index (κ3) is 3.72. The van der Waals surface area contributed by atoms with E-state index < -0.39 is 0 Å². The second-order valence-corrected chi connectivity index (χ2v) is 4.90. The van der Waals surface area contributed by atoms with Gasteiger partial charge >= 0.3 is 0 Å². The molecule has 0 spiro atoms. The van der Waals surface area contributed by atoms with Gasteiger partial charge in [0.25, 0.3) is 0 Å². The van der Waals surface area contributed by atoms with E-state index in [1.165, 1.54) is 0 Å². The molecule has 2 N–H and O–H groups in total. The van der Waals surface area contributed by atoms with E-state index in [9.17, 15) is 0 Å². The molecule has 0 bridgehead atoms. The molecule has 1 unspecified atom stereocenters. The average molecular weight is 213 g/mol. The second-order valence-electron chi connectivity index (χ2n) is 3.87. The van der Waals surface area contributed by atoms with E-state index in [1.807, 2.05) is 29.6 Å². The number of rotatable bonds is 5. The summed E-state index contributed by atoms with van der Waals surface area (Å²) < 4.78 is 1.99. The quantitative estimate of drug-likeness (QED) is 0.814. The predicted molar refractivity (Wildman–Crippen MR) is 62.4 cm³/mol. The van der Waals surface area contributed by atoms with Crippen LogP contribution in [0.4, 0.5) is 0 Å². The Morgan fingerprint density at radius 2 is 2.21 bits per heavy atom. The van der Waals surface area contributed by atoms with Crippen molar-refractivity contribution in [2.75, 3.05) is 5.75 Å². The maximum Gasteiger partial charge on any atom is 0.0723 e. The van der Waals surface area contributed by atoms with Gasteiger partial charge in [-0.15, -0.1) is 0 Å². The summed E-state index contributed by atoms with van der Waals surface area (Å²) in [6, 6.07) is 2.79. The minimum absolute atomic E-state index is 0.271. The first kappa shape index (κ1) is 11.6. The Balaban J connectivity index is 2.36. The molecular formula is C10H19N3S. The Morgan fingerprint density at radius 1 is 1.50 bits per heavy atom. The lowest BCUT2D eigenvalue weighted by molar-refractivity contribution is 0.529. The molecule has 0 fully saturated rings. The molecule has 0 amide bonds. The summed E-state index contributed by atoms with van der Waals surface area (Å²) >= 11 is 1.84. The Morgan fingerprint density at radius 3 is 2.71 bits per heavy atom. The lowest BCUT2D eigenvalue weighted by atomic mass is 10.4. The Kier molecular flexibility index (Phi) is 4.48. The topological polar surface area (TPSA) is 43.8 Å². The zero-order valence-electron chi connectivity index (χ0n) is 9.10. The average Bonchev–Trinajstić information content (AvgIpc) is 2.52. The smallest absolute Gasteiger partial charge is 0.0723 e. The third-order valence-corrected chi connectivity index (χ3v) is 3.08. The van der Waals surface area contributed by atoms with E-state index in [0.717, 1.165) is 17.2 Å². The van der Waals surface area contributed by atoms with Gasteiger partial charge in [-0.05, 0) is 26.8 Å². The summed E-state index contributed by atoms with van der Waals surface area (Å²) in [5.41, 5.74) is 6.81. The van der Waals surface area contributed by atoms with Gasteiger partial charge in [-0.1, -0.05) is 0 Å². The third-order valence-electron chi connectivity index (χ3n) is 1.82. The van der Waals surface area contributed by atoms with Crippen LogP contribution in [0.1, 0.15) is 32.5 Å². The van der Waals surface area contributed by atoms with Gasteiger partial charge < -0.3 is 5.73 Å². The molecule has 0 aliphatic heterocycles. The molecule has 1 aromatic rings. The number of hydrogen-bond acceptors (Lipinski definition) is 3. The minimum Gasteiger partial charge on any atom is -0.327 e. The minimum atomic E-state index is 0.271. The summed E-state index contributed by atoms with van der Waals surface area (Å²) in [7, 11) is 0. The van der Waals surface area contributed by atoms with Crippen LogP contribution < -0.4 is 5.73 Å². The predicted octanol–water partition coefficient (Wildman–Crippen LogP) is 2.04. The molecule has 0 aliphatic rings. The molecule has 1 rings (SSSR count). The van der Waals surface area contributed by atoms with E-state index in [2.05, 4.69) is 25.0 Å². The van der Waals surface area contributed by atoms with E-state index in [0.29, 0.717) is 6.04 Å². The maximum atomic E-state index is 5.66. The second kappa shape index (κ2) is 5.41. The summed E-state index contributed by atoms with van der Waals surface area (Å²) in [6.45, 7) is 6.29. The largest absolute Gasteiger partial charge is 0.327 e. The normalized spacial score (nSPS) is 13.5. The number of aromatic nitrogens is 2. The molecule has 0 radical (unpaired) electrons. The molecule has 0 saturated heterocycles. The van der Waals surface area contributed by atoms with E-state index in [1.54, 1.807) is 0 Å². The molecule has 0 aromatic carbocycles. The first-order valence-electron chi connectivity index (χ1n) is 4.97. The maximum absolute atomic E-state index is 5.66. The van der Waals surface area contributed by atoms with Gasteiger partial charge in [0.2, 0.25) is 0 Å². The van der Waals surface area contributed by atoms with Crippen LogP contribution in [-0.2, 0) is 5.75 Å². The molecule has 4 heteroatoms. The van der Waals surface area contributed by atoms with Crippen LogP contribution in [0.25, 0.3) is 0 Å². The van der Waals surface area contributed by atoms with E-state index >= 15 is 0 Å². The van der Waals surface area contributed by atoms with Crippen LogP contribution in [0.15, 0.2) is 12.3 Å². The monoisotopic (exact) mass is 213 g/mol. The van der Waals surface area contributed by atoms with Crippen molar-refractivity contribution in [3.63, 3.8) is 0 Å². The van der Waals surface area contributed by atoms with E-state index in [4.69, 9.17) is 5.73 Å². The molecule has 14 heavy (non-hydrogen) atoms. The van der Waals surface area contributed by atoms with Gasteiger partial charge in [0.1, 0.15) is 0 Å². The van der Waals surface area contributed by atoms with Crippen molar-refractivity contribution in [1.29, 1.82) is 0 Å². The fourth-order valence-corrected chi connectivity index (χ4v) is 1.94. The molecule has 0 aliphatic carbocycles. The van der Waals surface area contributed by atoms with Crippen molar-refractivity contribution in [3.05, 3.63) is 18.0 Å². The molecule has 1 heterocycles. The van der Waals surface area contributed by atoms with E-state index in [-0.39, 0.29) is 6.04 Å². The molecule has 0 saturated carbocycles. The molecule has 1 aromatic heterocycles. The fraction of sp³-hybridized carbons (Fsp3) is 0.700. The number of hydrogen-bond donors (Lipinski definition) is 1. The SMILES string of the molecule is CC(N)CSCc1ccn(C(C)C)n1. The summed E-state index contributed by atoms with van der Waals surface area (Å²) in [5.74, 6) is 1.95. The molecule has 1 atom stereocenters. The summed E-state index contributed by atoms with van der Waals surface area (Å²) in [6.07, 6.45) is 2.03. The first-order valence-corrected chi connectivity index (χ1v) is 6.12. The van der Waals surface area contributed by atoms with Crippen molar-refractivity contribution in [3.8, 4) is 0 Å². The van der Waals surface area contributed by atoms with Gasteiger partial charge in [0, 0.05) is 29.8 Å². The van der Waals surface area contributed by atoms with Gasteiger partial charge in [-0.25, -0.2) is 0 Å². The van der Waals surface area contributed by atoms with Crippen LogP contribution in [0.5, 0.6) is 0 Å².